The van der Waals surface area contributed by atoms with Gasteiger partial charge in [0, 0.05) is 19.2 Å². The third-order valence-corrected chi connectivity index (χ3v) is 3.82. The first kappa shape index (κ1) is 14.4. The summed E-state index contributed by atoms with van der Waals surface area (Å²) in [6.07, 6.45) is 6.34. The minimum absolute atomic E-state index is 0.0254. The van der Waals surface area contributed by atoms with Gasteiger partial charge in [-0.15, -0.1) is 0 Å². The first-order chi connectivity index (χ1) is 10.7. The van der Waals surface area contributed by atoms with Crippen LogP contribution in [-0.4, -0.2) is 23.9 Å². The molecule has 0 radical (unpaired) electrons. The molecule has 3 heteroatoms. The molecule has 1 aliphatic rings. The molecule has 112 valence electrons. The van der Waals surface area contributed by atoms with Gasteiger partial charge in [-0.25, -0.2) is 0 Å². The molecular weight excluding hydrogens is 274 g/mol. The van der Waals surface area contributed by atoms with Gasteiger partial charge in [0.25, 0.3) is 0 Å². The number of carbonyl (C=O) groups is 1. The number of benzene rings is 1. The molecule has 0 atom stereocenters. The maximum absolute atomic E-state index is 12.2. The van der Waals surface area contributed by atoms with E-state index in [0.29, 0.717) is 12.3 Å². The fourth-order valence-corrected chi connectivity index (χ4v) is 2.59. The van der Waals surface area contributed by atoms with Crippen molar-refractivity contribution < 1.29 is 9.21 Å². The van der Waals surface area contributed by atoms with Crippen LogP contribution in [0, 0.1) is 6.92 Å². The first-order valence-electron chi connectivity index (χ1n) is 7.50. The third kappa shape index (κ3) is 3.37. The largest absolute Gasteiger partial charge is 0.462 e. The Balaban J connectivity index is 1.62. The maximum Gasteiger partial charge on any atom is 0.246 e. The molecule has 22 heavy (non-hydrogen) atoms. The highest BCUT2D eigenvalue weighted by Crippen LogP contribution is 2.22. The fourth-order valence-electron chi connectivity index (χ4n) is 2.59. The van der Waals surface area contributed by atoms with E-state index in [2.05, 4.69) is 18.2 Å². The van der Waals surface area contributed by atoms with Crippen molar-refractivity contribution in [2.75, 3.05) is 13.1 Å². The number of rotatable bonds is 3. The van der Waals surface area contributed by atoms with Crippen LogP contribution < -0.4 is 0 Å². The third-order valence-electron chi connectivity index (χ3n) is 3.82. The van der Waals surface area contributed by atoms with Crippen molar-refractivity contribution in [2.24, 2.45) is 0 Å². The second-order valence-electron chi connectivity index (χ2n) is 5.41. The molecule has 2 heterocycles. The zero-order chi connectivity index (χ0) is 15.4. The first-order valence-corrected chi connectivity index (χ1v) is 7.50. The van der Waals surface area contributed by atoms with Crippen LogP contribution in [0.3, 0.4) is 0 Å². The number of hydrogen-bond donors (Lipinski definition) is 0. The summed E-state index contributed by atoms with van der Waals surface area (Å²) >= 11 is 0. The molecule has 0 saturated heterocycles. The zero-order valence-corrected chi connectivity index (χ0v) is 12.7. The van der Waals surface area contributed by atoms with Crippen LogP contribution in [0.4, 0.5) is 0 Å². The van der Waals surface area contributed by atoms with Crippen LogP contribution in [0.2, 0.25) is 0 Å². The van der Waals surface area contributed by atoms with Crippen molar-refractivity contribution in [3.05, 3.63) is 71.7 Å². The van der Waals surface area contributed by atoms with Gasteiger partial charge in [-0.3, -0.25) is 4.79 Å². The quantitative estimate of drug-likeness (QED) is 0.804. The van der Waals surface area contributed by atoms with Crippen LogP contribution in [0.5, 0.6) is 0 Å². The van der Waals surface area contributed by atoms with Gasteiger partial charge in [0.15, 0.2) is 0 Å². The minimum atomic E-state index is 0.0254. The Kier molecular flexibility index (Phi) is 4.24. The van der Waals surface area contributed by atoms with Crippen molar-refractivity contribution >= 4 is 17.6 Å². The normalized spacial score (nSPS) is 15.1. The van der Waals surface area contributed by atoms with Crippen LogP contribution in [0.25, 0.3) is 11.6 Å². The predicted octanol–water partition coefficient (Wildman–Crippen LogP) is 3.92. The summed E-state index contributed by atoms with van der Waals surface area (Å²) in [5.41, 5.74) is 2.56. The molecule has 0 aliphatic carbocycles. The average molecular weight is 293 g/mol. The Morgan fingerprint density at radius 3 is 2.64 bits per heavy atom. The van der Waals surface area contributed by atoms with Gasteiger partial charge >= 0.3 is 0 Å². The lowest BCUT2D eigenvalue weighted by atomic mass is 9.99. The van der Waals surface area contributed by atoms with Crippen molar-refractivity contribution in [3.8, 4) is 0 Å². The summed E-state index contributed by atoms with van der Waals surface area (Å²) < 4.78 is 5.43. The van der Waals surface area contributed by atoms with Crippen molar-refractivity contribution in [2.45, 2.75) is 13.3 Å². The molecule has 1 aliphatic heterocycles. The Labute approximate surface area is 130 Å². The molecule has 0 saturated carbocycles. The van der Waals surface area contributed by atoms with Gasteiger partial charge in [0.2, 0.25) is 5.91 Å². The van der Waals surface area contributed by atoms with Gasteiger partial charge in [-0.2, -0.15) is 0 Å². The number of nitrogens with zero attached hydrogens (tertiary/aromatic N) is 1. The summed E-state index contributed by atoms with van der Waals surface area (Å²) in [5, 5.41) is 0. The van der Waals surface area contributed by atoms with Gasteiger partial charge in [0.05, 0.1) is 0 Å². The maximum atomic E-state index is 12.2. The lowest BCUT2D eigenvalue weighted by Gasteiger charge is -2.25. The number of carbonyl (C=O) groups excluding carboxylic acids is 1. The average Bonchev–Trinajstić information content (AvgIpc) is 2.99. The Morgan fingerprint density at radius 2 is 2.00 bits per heavy atom. The monoisotopic (exact) mass is 293 g/mol. The number of hydrogen-bond acceptors (Lipinski definition) is 2. The molecule has 0 N–H and O–H groups in total. The molecule has 2 aromatic rings. The van der Waals surface area contributed by atoms with E-state index in [9.17, 15) is 4.79 Å². The summed E-state index contributed by atoms with van der Waals surface area (Å²) in [6, 6.07) is 14.1. The molecule has 1 aromatic carbocycles. The van der Waals surface area contributed by atoms with E-state index in [0.717, 1.165) is 18.7 Å². The second kappa shape index (κ2) is 6.48. The summed E-state index contributed by atoms with van der Waals surface area (Å²) in [5.74, 6) is 1.58. The zero-order valence-electron chi connectivity index (χ0n) is 12.7. The van der Waals surface area contributed by atoms with Crippen LogP contribution in [-0.2, 0) is 4.79 Å². The van der Waals surface area contributed by atoms with Gasteiger partial charge < -0.3 is 9.32 Å². The molecule has 3 rings (SSSR count). The summed E-state index contributed by atoms with van der Waals surface area (Å²) in [7, 11) is 0. The molecule has 0 bridgehead atoms. The molecule has 1 aromatic heterocycles. The van der Waals surface area contributed by atoms with E-state index in [1.165, 1.54) is 11.1 Å². The van der Waals surface area contributed by atoms with Crippen molar-refractivity contribution in [1.82, 2.24) is 4.90 Å². The van der Waals surface area contributed by atoms with Gasteiger partial charge in [-0.05, 0) is 42.7 Å². The highest BCUT2D eigenvalue weighted by molar-refractivity contribution is 5.92. The van der Waals surface area contributed by atoms with Crippen LogP contribution in [0.1, 0.15) is 23.5 Å². The van der Waals surface area contributed by atoms with E-state index in [-0.39, 0.29) is 5.91 Å². The van der Waals surface area contributed by atoms with Crippen LogP contribution in [0.15, 0.2) is 59.0 Å². The molecule has 0 fully saturated rings. The number of aryl methyl sites for hydroxylation is 1. The van der Waals surface area contributed by atoms with Gasteiger partial charge in [0.1, 0.15) is 11.5 Å². The Hall–Kier alpha value is -2.55. The molecule has 0 unspecified atom stereocenters. The summed E-state index contributed by atoms with van der Waals surface area (Å²) in [4.78, 5) is 14.0. The topological polar surface area (TPSA) is 33.5 Å². The summed E-state index contributed by atoms with van der Waals surface area (Å²) in [6.45, 7) is 3.30. The van der Waals surface area contributed by atoms with E-state index >= 15 is 0 Å². The molecule has 1 amide bonds. The molecule has 3 nitrogen and oxygen atoms in total. The van der Waals surface area contributed by atoms with Crippen molar-refractivity contribution in [3.63, 3.8) is 0 Å². The molecular formula is C19H19NO2. The van der Waals surface area contributed by atoms with Gasteiger partial charge in [-0.1, -0.05) is 36.4 Å². The van der Waals surface area contributed by atoms with E-state index < -0.39 is 0 Å². The highest BCUT2D eigenvalue weighted by atomic mass is 16.3. The van der Waals surface area contributed by atoms with E-state index in [4.69, 9.17) is 4.42 Å². The number of amides is 1. The highest BCUT2D eigenvalue weighted by Gasteiger charge is 2.15. The Bertz CT molecular complexity index is 710. The lowest BCUT2D eigenvalue weighted by molar-refractivity contribution is -0.125. The predicted molar refractivity (Wildman–Crippen MR) is 88.1 cm³/mol. The standard InChI is InChI=1S/C19H19NO2/c1-15-7-8-18(22-15)9-10-19(21)20-13-11-17(12-14-20)16-5-3-2-4-6-16/h2-11H,12-14H2,1H3/b10-9+. The van der Waals surface area contributed by atoms with E-state index in [1.54, 1.807) is 12.2 Å². The smallest absolute Gasteiger partial charge is 0.246 e. The number of furan rings is 1. The Morgan fingerprint density at radius 1 is 1.18 bits per heavy atom. The van der Waals surface area contributed by atoms with E-state index in [1.807, 2.05) is 42.2 Å². The second-order valence-corrected chi connectivity index (χ2v) is 5.41. The SMILES string of the molecule is Cc1ccc(/C=C/C(=O)N2CC=C(c3ccccc3)CC2)o1. The fraction of sp³-hybridized carbons (Fsp3) is 0.211. The minimum Gasteiger partial charge on any atom is -0.462 e. The molecule has 0 spiro atoms. The van der Waals surface area contributed by atoms with Crippen LogP contribution >= 0.6 is 0 Å². The van der Waals surface area contributed by atoms with Crippen molar-refractivity contribution in [1.29, 1.82) is 0 Å². The lowest BCUT2D eigenvalue weighted by Crippen LogP contribution is -2.33.